The molecule has 0 nitrogen and oxygen atoms in total. The molecule has 0 aliphatic heterocycles. The normalized spacial score (nSPS) is 13.1. The topological polar surface area (TPSA) is 0 Å². The zero-order valence-corrected chi connectivity index (χ0v) is 27.4. The first kappa shape index (κ1) is 28.5. The van der Waals surface area contributed by atoms with E-state index in [-0.39, 0.29) is 0 Å². The Kier molecular flexibility index (Phi) is 6.83. The van der Waals surface area contributed by atoms with Gasteiger partial charge in [0.05, 0.1) is 0 Å². The minimum atomic E-state index is 1.11. The van der Waals surface area contributed by atoms with Crippen LogP contribution in [0.1, 0.15) is 29.5 Å². The number of hydrogen-bond acceptors (Lipinski definition) is 0. The number of allylic oxidation sites excluding steroid dienone is 4. The number of aryl methyl sites for hydroxylation is 2. The fourth-order valence-electron chi connectivity index (χ4n) is 8.19. The summed E-state index contributed by atoms with van der Waals surface area (Å²) in [6.07, 6.45) is 8.95. The predicted molar refractivity (Wildman–Crippen MR) is 209 cm³/mol. The van der Waals surface area contributed by atoms with Crippen molar-refractivity contribution in [2.24, 2.45) is 0 Å². The second-order valence-electron chi connectivity index (χ2n) is 13.2. The predicted octanol–water partition coefficient (Wildman–Crippen LogP) is 13.7. The van der Waals surface area contributed by atoms with Crippen molar-refractivity contribution >= 4 is 48.7 Å². The molecule has 0 spiro atoms. The zero-order valence-electron chi connectivity index (χ0n) is 27.4. The molecule has 0 bridgehead atoms. The van der Waals surface area contributed by atoms with Gasteiger partial charge in [0.1, 0.15) is 0 Å². The van der Waals surface area contributed by atoms with E-state index in [9.17, 15) is 0 Å². The van der Waals surface area contributed by atoms with Crippen molar-refractivity contribution in [3.05, 3.63) is 174 Å². The van der Waals surface area contributed by atoms with E-state index in [2.05, 4.69) is 172 Å². The molecule has 1 aliphatic rings. The van der Waals surface area contributed by atoms with Gasteiger partial charge in [0, 0.05) is 0 Å². The van der Waals surface area contributed by atoms with Crippen LogP contribution < -0.4 is 0 Å². The molecule has 0 amide bonds. The third-order valence-corrected chi connectivity index (χ3v) is 10.4. The molecule has 0 heteroatoms. The summed E-state index contributed by atoms with van der Waals surface area (Å²) in [4.78, 5) is 0. The van der Waals surface area contributed by atoms with Crippen molar-refractivity contribution < 1.29 is 0 Å². The first-order chi connectivity index (χ1) is 23.7. The van der Waals surface area contributed by atoms with Gasteiger partial charge in [0.15, 0.2) is 0 Å². The summed E-state index contributed by atoms with van der Waals surface area (Å²) < 4.78 is 0. The maximum absolute atomic E-state index is 2.41. The zero-order chi connectivity index (χ0) is 32.2. The van der Waals surface area contributed by atoms with E-state index in [0.29, 0.717) is 0 Å². The molecule has 48 heavy (non-hydrogen) atoms. The lowest BCUT2D eigenvalue weighted by Gasteiger charge is -2.21. The maximum Gasteiger partial charge on any atom is -0.00208 e. The first-order valence-electron chi connectivity index (χ1n) is 17.1. The van der Waals surface area contributed by atoms with Crippen LogP contribution in [0.2, 0.25) is 0 Å². The van der Waals surface area contributed by atoms with Gasteiger partial charge in [-0.3, -0.25) is 0 Å². The molecule has 1 aliphatic carbocycles. The van der Waals surface area contributed by atoms with Gasteiger partial charge in [-0.15, -0.1) is 0 Å². The highest BCUT2D eigenvalue weighted by Crippen LogP contribution is 2.47. The van der Waals surface area contributed by atoms with Crippen LogP contribution in [0.5, 0.6) is 0 Å². The van der Waals surface area contributed by atoms with Gasteiger partial charge in [-0.2, -0.15) is 0 Å². The molecule has 0 radical (unpaired) electrons. The van der Waals surface area contributed by atoms with Crippen LogP contribution in [0.15, 0.2) is 158 Å². The van der Waals surface area contributed by atoms with Crippen LogP contribution in [-0.2, 0) is 0 Å². The molecule has 0 unspecified atom stereocenters. The first-order valence-corrected chi connectivity index (χ1v) is 17.1. The summed E-state index contributed by atoms with van der Waals surface area (Å²) in [5.41, 5.74) is 13.2. The van der Waals surface area contributed by atoms with Crippen LogP contribution in [0, 0.1) is 13.8 Å². The van der Waals surface area contributed by atoms with Gasteiger partial charge in [0.2, 0.25) is 0 Å². The van der Waals surface area contributed by atoms with E-state index in [1.807, 2.05) is 0 Å². The monoisotopic (exact) mass is 612 g/mol. The summed E-state index contributed by atoms with van der Waals surface area (Å²) in [5, 5.41) is 10.4. The van der Waals surface area contributed by atoms with E-state index < -0.39 is 0 Å². The van der Waals surface area contributed by atoms with Crippen LogP contribution in [0.3, 0.4) is 0 Å². The Bertz CT molecular complexity index is 2550. The fraction of sp³-hybridized carbons (Fsp3) is 0.0833. The molecular formula is C48H36. The van der Waals surface area contributed by atoms with Gasteiger partial charge in [-0.1, -0.05) is 152 Å². The summed E-state index contributed by atoms with van der Waals surface area (Å²) >= 11 is 0. The van der Waals surface area contributed by atoms with Gasteiger partial charge in [-0.05, 0) is 131 Å². The average molecular weight is 613 g/mol. The molecule has 0 heterocycles. The molecule has 8 aromatic rings. The van der Waals surface area contributed by atoms with Crippen molar-refractivity contribution in [3.8, 4) is 33.4 Å². The molecule has 0 N–H and O–H groups in total. The van der Waals surface area contributed by atoms with Crippen LogP contribution in [-0.4, -0.2) is 0 Å². The van der Waals surface area contributed by atoms with Gasteiger partial charge in [0.25, 0.3) is 0 Å². The summed E-state index contributed by atoms with van der Waals surface area (Å²) in [7, 11) is 0. The lowest BCUT2D eigenvalue weighted by molar-refractivity contribution is 1.05. The van der Waals surface area contributed by atoms with E-state index in [0.717, 1.165) is 12.8 Å². The van der Waals surface area contributed by atoms with Crippen LogP contribution >= 0.6 is 0 Å². The quantitative estimate of drug-likeness (QED) is 0.173. The van der Waals surface area contributed by atoms with Crippen molar-refractivity contribution in [2.45, 2.75) is 26.7 Å². The highest BCUT2D eigenvalue weighted by atomic mass is 14.2. The Labute approximate surface area is 282 Å². The number of rotatable bonds is 4. The highest BCUT2D eigenvalue weighted by Gasteiger charge is 2.20. The van der Waals surface area contributed by atoms with Crippen molar-refractivity contribution in [1.29, 1.82) is 0 Å². The van der Waals surface area contributed by atoms with Crippen molar-refractivity contribution in [3.63, 3.8) is 0 Å². The lowest BCUT2D eigenvalue weighted by atomic mass is 9.82. The summed E-state index contributed by atoms with van der Waals surface area (Å²) in [5.74, 6) is 0. The molecule has 0 atom stereocenters. The van der Waals surface area contributed by atoms with E-state index in [1.165, 1.54) is 98.7 Å². The maximum atomic E-state index is 2.41. The largest absolute Gasteiger partial charge is 0.0842 e. The Morgan fingerprint density at radius 2 is 1.04 bits per heavy atom. The minimum Gasteiger partial charge on any atom is -0.0842 e. The van der Waals surface area contributed by atoms with Crippen LogP contribution in [0.25, 0.3) is 82.0 Å². The minimum absolute atomic E-state index is 1.11. The molecule has 8 aromatic carbocycles. The van der Waals surface area contributed by atoms with E-state index in [4.69, 9.17) is 0 Å². The third kappa shape index (κ3) is 4.60. The Morgan fingerprint density at radius 3 is 1.73 bits per heavy atom. The van der Waals surface area contributed by atoms with E-state index in [1.54, 1.807) is 0 Å². The van der Waals surface area contributed by atoms with Crippen molar-refractivity contribution in [1.82, 2.24) is 0 Å². The molecular weight excluding hydrogens is 577 g/mol. The molecule has 0 saturated heterocycles. The van der Waals surface area contributed by atoms with Gasteiger partial charge in [-0.25, -0.2) is 0 Å². The summed E-state index contributed by atoms with van der Waals surface area (Å²) in [6.45, 7) is 4.61. The van der Waals surface area contributed by atoms with Gasteiger partial charge >= 0.3 is 0 Å². The number of fused-ring (bicyclic) bond motifs is 4. The SMILES string of the molecule is Cc1cc2cc(C3=CC=CCC3)ccc2c(C)c1-c1c2ccccc2c(-c2ccc(-c3cccc4ccccc34)cc2)c2ccccc12. The van der Waals surface area contributed by atoms with Gasteiger partial charge < -0.3 is 0 Å². The Hall–Kier alpha value is -5.72. The smallest absolute Gasteiger partial charge is 0.00208 e. The molecule has 9 rings (SSSR count). The van der Waals surface area contributed by atoms with Crippen LogP contribution in [0.4, 0.5) is 0 Å². The average Bonchev–Trinajstić information content (AvgIpc) is 3.14. The van der Waals surface area contributed by atoms with Crippen molar-refractivity contribution in [2.75, 3.05) is 0 Å². The number of benzene rings is 8. The number of hydrogen-bond donors (Lipinski definition) is 0. The Balaban J connectivity index is 1.24. The lowest BCUT2D eigenvalue weighted by Crippen LogP contribution is -1.96. The molecule has 0 saturated carbocycles. The highest BCUT2D eigenvalue weighted by molar-refractivity contribution is 6.22. The second-order valence-corrected chi connectivity index (χ2v) is 13.2. The molecule has 228 valence electrons. The third-order valence-electron chi connectivity index (χ3n) is 10.4. The van der Waals surface area contributed by atoms with E-state index >= 15 is 0 Å². The fourth-order valence-corrected chi connectivity index (χ4v) is 8.19. The standard InChI is InChI=1S/C48H36/c1-31-29-38-30-37(33-13-4-3-5-14-33)27-28-39(38)32(2)46(31)48-44-20-10-8-18-42(44)47(43-19-9-11-21-45(43)48)36-25-23-35(24-26-36)41-22-12-16-34-15-6-7-17-40(34)41/h3-4,6-13,15-30H,5,14H2,1-2H3. The summed E-state index contributed by atoms with van der Waals surface area (Å²) in [6, 6.07) is 51.9. The molecule has 0 aromatic heterocycles. The Morgan fingerprint density at radius 1 is 0.438 bits per heavy atom. The molecule has 0 fully saturated rings. The second kappa shape index (κ2) is 11.5.